The monoisotopic (exact) mass is 444 g/mol. The molecule has 2 heterocycles. The Labute approximate surface area is 171 Å². The Morgan fingerprint density at radius 1 is 1.25 bits per heavy atom. The van der Waals surface area contributed by atoms with Crippen LogP contribution in [0.5, 0.6) is 17.2 Å². The predicted molar refractivity (Wildman–Crippen MR) is 111 cm³/mol. The Hall–Kier alpha value is -2.31. The van der Waals surface area contributed by atoms with Crippen molar-refractivity contribution in [3.63, 3.8) is 0 Å². The fourth-order valence-electron chi connectivity index (χ4n) is 3.92. The van der Waals surface area contributed by atoms with Crippen LogP contribution in [0.1, 0.15) is 25.3 Å². The zero-order valence-electron chi connectivity index (χ0n) is 15.7. The van der Waals surface area contributed by atoms with Gasteiger partial charge in [0.15, 0.2) is 5.58 Å². The van der Waals surface area contributed by atoms with E-state index in [-0.39, 0.29) is 16.9 Å². The number of fused-ring (bicyclic) bond motifs is 1. The molecule has 5 nitrogen and oxygen atoms in total. The molecular weight excluding hydrogens is 422 g/mol. The first-order valence-electron chi connectivity index (χ1n) is 9.55. The summed E-state index contributed by atoms with van der Waals surface area (Å²) in [4.78, 5) is 14.4. The summed E-state index contributed by atoms with van der Waals surface area (Å²) >= 11 is 3.42. The van der Waals surface area contributed by atoms with E-state index in [2.05, 4.69) is 22.9 Å². The van der Waals surface area contributed by atoms with E-state index in [1.807, 2.05) is 18.2 Å². The highest BCUT2D eigenvalue weighted by molar-refractivity contribution is 9.10. The van der Waals surface area contributed by atoms with Crippen LogP contribution in [-0.4, -0.2) is 18.2 Å². The number of benzene rings is 2. The first-order valence-corrected chi connectivity index (χ1v) is 10.3. The highest BCUT2D eigenvalue weighted by Crippen LogP contribution is 2.30. The lowest BCUT2D eigenvalue weighted by atomic mass is 9.99. The molecule has 0 amide bonds. The molecule has 28 heavy (non-hydrogen) atoms. The summed E-state index contributed by atoms with van der Waals surface area (Å²) in [7, 11) is 0. The number of likely N-dealkylation sites (tertiary alicyclic amines) is 1. The number of halogens is 1. The van der Waals surface area contributed by atoms with Crippen LogP contribution in [0.4, 0.5) is 0 Å². The van der Waals surface area contributed by atoms with Crippen molar-refractivity contribution in [2.75, 3.05) is 13.1 Å². The maximum absolute atomic E-state index is 13.0. The van der Waals surface area contributed by atoms with Crippen molar-refractivity contribution in [2.24, 2.45) is 5.92 Å². The van der Waals surface area contributed by atoms with E-state index in [0.717, 1.165) is 17.6 Å². The van der Waals surface area contributed by atoms with E-state index < -0.39 is 0 Å². The second kappa shape index (κ2) is 7.97. The summed E-state index contributed by atoms with van der Waals surface area (Å²) in [5.74, 6) is 1.49. The summed E-state index contributed by atoms with van der Waals surface area (Å²) < 4.78 is 12.3. The maximum Gasteiger partial charge on any atom is 0.235 e. The number of aromatic hydroxyl groups is 1. The van der Waals surface area contributed by atoms with E-state index >= 15 is 0 Å². The van der Waals surface area contributed by atoms with Crippen LogP contribution in [0.3, 0.4) is 0 Å². The molecule has 0 saturated carbocycles. The molecule has 0 aliphatic carbocycles. The highest BCUT2D eigenvalue weighted by Gasteiger charge is 2.24. The molecule has 2 atom stereocenters. The number of phenols is 1. The predicted octanol–water partition coefficient (Wildman–Crippen LogP) is 3.87. The second-order valence-electron chi connectivity index (χ2n) is 7.53. The SMILES string of the molecule is C[C@@H]1CCC[NH+](Cc2c(O)ccc3c(=O)c(Oc4ccccc4Br)coc23)C1. The minimum atomic E-state index is -0.250. The first kappa shape index (κ1) is 19.0. The van der Waals surface area contributed by atoms with Gasteiger partial charge in [0.2, 0.25) is 11.2 Å². The van der Waals surface area contributed by atoms with Crippen LogP contribution in [0.15, 0.2) is 56.3 Å². The van der Waals surface area contributed by atoms with Crippen molar-refractivity contribution in [1.29, 1.82) is 0 Å². The fourth-order valence-corrected chi connectivity index (χ4v) is 4.29. The molecule has 1 saturated heterocycles. The molecule has 0 spiro atoms. The molecule has 1 aliphatic heterocycles. The summed E-state index contributed by atoms with van der Waals surface area (Å²) in [5, 5.41) is 10.8. The van der Waals surface area contributed by atoms with Gasteiger partial charge in [0.05, 0.1) is 28.5 Å². The molecule has 146 valence electrons. The fraction of sp³-hybridized carbons (Fsp3) is 0.318. The Bertz CT molecular complexity index is 1060. The topological polar surface area (TPSA) is 64.1 Å². The standard InChI is InChI=1S/C22H22BrNO4/c1-14-5-4-10-24(11-14)12-16-18(25)9-8-15-21(26)20(13-27-22(15)16)28-19-7-3-2-6-17(19)23/h2-3,6-9,13-14,25H,4-5,10-12H2,1H3/p+1/t14-/m1/s1. The maximum atomic E-state index is 13.0. The van der Waals surface area contributed by atoms with E-state index in [1.165, 1.54) is 24.0 Å². The smallest absolute Gasteiger partial charge is 0.235 e. The molecule has 1 fully saturated rings. The molecule has 4 rings (SSSR count). The Kier molecular flexibility index (Phi) is 5.42. The van der Waals surface area contributed by atoms with Crippen molar-refractivity contribution in [3.05, 3.63) is 62.9 Å². The quantitative estimate of drug-likeness (QED) is 0.640. The third-order valence-electron chi connectivity index (χ3n) is 5.34. The van der Waals surface area contributed by atoms with Crippen LogP contribution in [-0.2, 0) is 6.54 Å². The molecular formula is C22H23BrNO4+. The Morgan fingerprint density at radius 3 is 2.86 bits per heavy atom. The second-order valence-corrected chi connectivity index (χ2v) is 8.38. The van der Waals surface area contributed by atoms with Crippen LogP contribution in [0, 0.1) is 5.92 Å². The van der Waals surface area contributed by atoms with Gasteiger partial charge in [-0.2, -0.15) is 0 Å². The van der Waals surface area contributed by atoms with Gasteiger partial charge in [-0.15, -0.1) is 0 Å². The van der Waals surface area contributed by atoms with Gasteiger partial charge in [-0.05, 0) is 53.0 Å². The molecule has 0 bridgehead atoms. The molecule has 0 radical (unpaired) electrons. The number of quaternary nitrogens is 1. The summed E-state index contributed by atoms with van der Waals surface area (Å²) in [5.41, 5.74) is 0.876. The number of nitrogens with one attached hydrogen (secondary N) is 1. The number of hydrogen-bond donors (Lipinski definition) is 2. The van der Waals surface area contributed by atoms with Crippen LogP contribution in [0.25, 0.3) is 11.0 Å². The van der Waals surface area contributed by atoms with Gasteiger partial charge in [-0.3, -0.25) is 4.79 Å². The van der Waals surface area contributed by atoms with Crippen LogP contribution in [0.2, 0.25) is 0 Å². The minimum Gasteiger partial charge on any atom is -0.507 e. The number of hydrogen-bond acceptors (Lipinski definition) is 4. The van der Waals surface area contributed by atoms with Gasteiger partial charge in [-0.1, -0.05) is 19.1 Å². The minimum absolute atomic E-state index is 0.120. The Balaban J connectivity index is 1.70. The number of para-hydroxylation sites is 1. The van der Waals surface area contributed by atoms with Gasteiger partial charge in [0.1, 0.15) is 24.3 Å². The van der Waals surface area contributed by atoms with Crippen molar-refractivity contribution >= 4 is 26.9 Å². The van der Waals surface area contributed by atoms with Crippen molar-refractivity contribution < 1.29 is 19.2 Å². The van der Waals surface area contributed by atoms with Gasteiger partial charge in [0, 0.05) is 5.92 Å². The third kappa shape index (κ3) is 3.80. The lowest BCUT2D eigenvalue weighted by Gasteiger charge is -2.28. The molecule has 1 aliphatic rings. The normalized spacial score (nSPS) is 19.6. The summed E-state index contributed by atoms with van der Waals surface area (Å²) in [6, 6.07) is 10.5. The molecule has 6 heteroatoms. The number of piperidine rings is 1. The lowest BCUT2D eigenvalue weighted by molar-refractivity contribution is -0.922. The van der Waals surface area contributed by atoms with Gasteiger partial charge in [0.25, 0.3) is 0 Å². The van der Waals surface area contributed by atoms with Gasteiger partial charge < -0.3 is 19.2 Å². The van der Waals surface area contributed by atoms with Crippen LogP contribution < -0.4 is 15.1 Å². The molecule has 1 unspecified atom stereocenters. The molecule has 2 N–H and O–H groups in total. The van der Waals surface area contributed by atoms with Gasteiger partial charge in [-0.25, -0.2) is 0 Å². The highest BCUT2D eigenvalue weighted by atomic mass is 79.9. The average Bonchev–Trinajstić information content (AvgIpc) is 2.68. The zero-order valence-corrected chi connectivity index (χ0v) is 17.3. The summed E-state index contributed by atoms with van der Waals surface area (Å²) in [6.45, 7) is 5.02. The van der Waals surface area contributed by atoms with Crippen molar-refractivity contribution in [3.8, 4) is 17.2 Å². The average molecular weight is 445 g/mol. The van der Waals surface area contributed by atoms with E-state index in [1.54, 1.807) is 18.2 Å². The Morgan fingerprint density at radius 2 is 2.07 bits per heavy atom. The van der Waals surface area contributed by atoms with Crippen molar-refractivity contribution in [1.82, 2.24) is 0 Å². The number of rotatable bonds is 4. The summed E-state index contributed by atoms with van der Waals surface area (Å²) in [6.07, 6.45) is 3.76. The zero-order chi connectivity index (χ0) is 19.7. The van der Waals surface area contributed by atoms with Crippen LogP contribution >= 0.6 is 15.9 Å². The van der Waals surface area contributed by atoms with E-state index in [0.29, 0.717) is 34.7 Å². The number of phenolic OH excluding ortho intramolecular Hbond substituents is 1. The molecule has 2 aromatic carbocycles. The lowest BCUT2D eigenvalue weighted by Crippen LogP contribution is -3.12. The molecule has 1 aromatic heterocycles. The van der Waals surface area contributed by atoms with Gasteiger partial charge >= 0.3 is 0 Å². The largest absolute Gasteiger partial charge is 0.507 e. The number of ether oxygens (including phenoxy) is 1. The van der Waals surface area contributed by atoms with Crippen molar-refractivity contribution in [2.45, 2.75) is 26.3 Å². The molecule has 3 aromatic rings. The first-order chi connectivity index (χ1) is 13.5. The third-order valence-corrected chi connectivity index (χ3v) is 5.99. The van der Waals surface area contributed by atoms with E-state index in [4.69, 9.17) is 9.15 Å². The van der Waals surface area contributed by atoms with E-state index in [9.17, 15) is 9.90 Å².